The zero-order chi connectivity index (χ0) is 11.3. The Morgan fingerprint density at radius 3 is 2.67 bits per heavy atom. The first kappa shape index (κ1) is 11.9. The monoisotopic (exact) mass is 236 g/mol. The van der Waals surface area contributed by atoms with Crippen molar-refractivity contribution in [3.63, 3.8) is 0 Å². The average Bonchev–Trinajstić information content (AvgIpc) is 2.26. The lowest BCUT2D eigenvalue weighted by molar-refractivity contribution is 1.12. The molecule has 0 radical (unpaired) electrons. The number of aryl methyl sites for hydroxylation is 1. The number of nitriles is 2. The molecule has 0 amide bonds. The van der Waals surface area contributed by atoms with E-state index in [0.717, 1.165) is 12.0 Å². The molecule has 4 heteroatoms. The van der Waals surface area contributed by atoms with Crippen molar-refractivity contribution in [2.24, 2.45) is 0 Å². The van der Waals surface area contributed by atoms with Crippen LogP contribution in [-0.2, 0) is 6.42 Å². The smallest absolute Gasteiger partial charge is 0.100 e. The maximum atomic E-state index is 8.96. The van der Waals surface area contributed by atoms with Crippen molar-refractivity contribution in [3.05, 3.63) is 28.3 Å². The fraction of sp³-hybridized carbons (Fsp3) is 0.273. The number of nitrogens with zero attached hydrogens (tertiary/aromatic N) is 2. The SMILES string of the molecule is CCc1cc(Cl)c(SCC#N)c(C#N)c1. The third kappa shape index (κ3) is 2.89. The van der Waals surface area contributed by atoms with Crippen molar-refractivity contribution in [1.82, 2.24) is 0 Å². The molecule has 0 atom stereocenters. The molecule has 0 heterocycles. The topological polar surface area (TPSA) is 47.6 Å². The van der Waals surface area contributed by atoms with Crippen LogP contribution in [0.25, 0.3) is 0 Å². The molecular weight excluding hydrogens is 228 g/mol. The second-order valence-corrected chi connectivity index (χ2v) is 4.26. The summed E-state index contributed by atoms with van der Waals surface area (Å²) in [6.45, 7) is 2.01. The third-order valence-electron chi connectivity index (χ3n) is 1.91. The molecule has 0 fully saturated rings. The predicted molar refractivity (Wildman–Crippen MR) is 61.9 cm³/mol. The van der Waals surface area contributed by atoms with Gasteiger partial charge in [-0.2, -0.15) is 10.5 Å². The van der Waals surface area contributed by atoms with E-state index in [-0.39, 0.29) is 0 Å². The van der Waals surface area contributed by atoms with Crippen LogP contribution in [-0.4, -0.2) is 5.75 Å². The minimum absolute atomic E-state index is 0.305. The summed E-state index contributed by atoms with van der Waals surface area (Å²) in [5.74, 6) is 0.305. The highest BCUT2D eigenvalue weighted by Gasteiger charge is 2.09. The lowest BCUT2D eigenvalue weighted by Crippen LogP contribution is -1.89. The van der Waals surface area contributed by atoms with Crippen LogP contribution in [0, 0.1) is 22.7 Å². The summed E-state index contributed by atoms with van der Waals surface area (Å²) in [4.78, 5) is 0.706. The molecule has 0 unspecified atom stereocenters. The fourth-order valence-electron chi connectivity index (χ4n) is 1.19. The van der Waals surface area contributed by atoms with Gasteiger partial charge in [-0.05, 0) is 24.1 Å². The summed E-state index contributed by atoms with van der Waals surface area (Å²) in [6.07, 6.45) is 0.845. The lowest BCUT2D eigenvalue weighted by atomic mass is 10.1. The van der Waals surface area contributed by atoms with Gasteiger partial charge >= 0.3 is 0 Å². The Bertz CT molecular complexity index is 443. The Balaban J connectivity index is 3.15. The molecule has 0 aliphatic heterocycles. The van der Waals surface area contributed by atoms with Gasteiger partial charge in [0.1, 0.15) is 6.07 Å². The lowest BCUT2D eigenvalue weighted by Gasteiger charge is -2.06. The quantitative estimate of drug-likeness (QED) is 0.756. The number of benzene rings is 1. The summed E-state index contributed by atoms with van der Waals surface area (Å²) in [6, 6.07) is 7.80. The summed E-state index contributed by atoms with van der Waals surface area (Å²) in [5, 5.41) is 18.0. The molecule has 0 saturated carbocycles. The van der Waals surface area contributed by atoms with E-state index in [1.165, 1.54) is 11.8 Å². The molecule has 0 aliphatic carbocycles. The summed E-state index contributed by atoms with van der Waals surface area (Å²) >= 11 is 7.35. The second-order valence-electron chi connectivity index (χ2n) is 2.87. The van der Waals surface area contributed by atoms with Gasteiger partial charge in [0.05, 0.1) is 22.4 Å². The molecule has 0 saturated heterocycles. The van der Waals surface area contributed by atoms with Crippen LogP contribution in [0.1, 0.15) is 18.1 Å². The van der Waals surface area contributed by atoms with Crippen LogP contribution in [0.4, 0.5) is 0 Å². The standard InChI is InChI=1S/C11H9ClN2S/c1-2-8-5-9(7-14)11(10(12)6-8)15-4-3-13/h5-6H,2,4H2,1H3. The average molecular weight is 237 g/mol. The highest BCUT2D eigenvalue weighted by molar-refractivity contribution is 7.99. The van der Waals surface area contributed by atoms with E-state index >= 15 is 0 Å². The Kier molecular flexibility index (Phi) is 4.49. The van der Waals surface area contributed by atoms with E-state index in [1.807, 2.05) is 25.1 Å². The molecule has 15 heavy (non-hydrogen) atoms. The summed E-state index contributed by atoms with van der Waals surface area (Å²) in [7, 11) is 0. The molecule has 0 aliphatic rings. The van der Waals surface area contributed by atoms with E-state index in [0.29, 0.717) is 21.2 Å². The van der Waals surface area contributed by atoms with Crippen LogP contribution in [0.3, 0.4) is 0 Å². The van der Waals surface area contributed by atoms with E-state index < -0.39 is 0 Å². The molecule has 0 aromatic heterocycles. The third-order valence-corrected chi connectivity index (χ3v) is 3.33. The molecule has 0 bridgehead atoms. The summed E-state index contributed by atoms with van der Waals surface area (Å²) in [5.41, 5.74) is 1.59. The van der Waals surface area contributed by atoms with Gasteiger partial charge in [0.2, 0.25) is 0 Å². The van der Waals surface area contributed by atoms with Crippen molar-refractivity contribution in [3.8, 4) is 12.1 Å². The van der Waals surface area contributed by atoms with Crippen LogP contribution in [0.5, 0.6) is 0 Å². The number of hydrogen-bond donors (Lipinski definition) is 0. The highest BCUT2D eigenvalue weighted by atomic mass is 35.5. The molecule has 0 N–H and O–H groups in total. The van der Waals surface area contributed by atoms with E-state index in [1.54, 1.807) is 0 Å². The van der Waals surface area contributed by atoms with Crippen molar-refractivity contribution < 1.29 is 0 Å². The molecule has 1 rings (SSSR count). The van der Waals surface area contributed by atoms with Crippen molar-refractivity contribution in [1.29, 1.82) is 10.5 Å². The Hall–Kier alpha value is -1.16. The molecule has 1 aromatic carbocycles. The van der Waals surface area contributed by atoms with Crippen molar-refractivity contribution in [2.75, 3.05) is 5.75 Å². The van der Waals surface area contributed by atoms with Gasteiger partial charge < -0.3 is 0 Å². The maximum absolute atomic E-state index is 8.96. The second kappa shape index (κ2) is 5.66. The minimum atomic E-state index is 0.305. The Morgan fingerprint density at radius 1 is 1.40 bits per heavy atom. The van der Waals surface area contributed by atoms with Crippen LogP contribution < -0.4 is 0 Å². The van der Waals surface area contributed by atoms with Gasteiger partial charge in [-0.15, -0.1) is 11.8 Å². The maximum Gasteiger partial charge on any atom is 0.100 e. The molecule has 76 valence electrons. The number of thioether (sulfide) groups is 1. The van der Waals surface area contributed by atoms with Gasteiger partial charge in [-0.3, -0.25) is 0 Å². The van der Waals surface area contributed by atoms with Crippen molar-refractivity contribution in [2.45, 2.75) is 18.2 Å². The van der Waals surface area contributed by atoms with Gasteiger partial charge in [0.15, 0.2) is 0 Å². The van der Waals surface area contributed by atoms with Gasteiger partial charge in [0, 0.05) is 4.90 Å². The van der Waals surface area contributed by atoms with E-state index in [9.17, 15) is 0 Å². The fourth-order valence-corrected chi connectivity index (χ4v) is 2.26. The number of halogens is 1. The van der Waals surface area contributed by atoms with E-state index in [4.69, 9.17) is 22.1 Å². The summed E-state index contributed by atoms with van der Waals surface area (Å²) < 4.78 is 0. The first-order valence-electron chi connectivity index (χ1n) is 4.45. The molecule has 2 nitrogen and oxygen atoms in total. The molecule has 0 spiro atoms. The normalized spacial score (nSPS) is 9.33. The zero-order valence-corrected chi connectivity index (χ0v) is 9.82. The largest absolute Gasteiger partial charge is 0.197 e. The van der Waals surface area contributed by atoms with Gasteiger partial charge in [-0.1, -0.05) is 18.5 Å². The Labute approximate surface area is 98.5 Å². The molecule has 1 aromatic rings. The van der Waals surface area contributed by atoms with Gasteiger partial charge in [-0.25, -0.2) is 0 Å². The predicted octanol–water partition coefficient (Wildman–Crippen LogP) is 3.39. The van der Waals surface area contributed by atoms with Gasteiger partial charge in [0.25, 0.3) is 0 Å². The van der Waals surface area contributed by atoms with Crippen LogP contribution in [0.2, 0.25) is 5.02 Å². The minimum Gasteiger partial charge on any atom is -0.197 e. The zero-order valence-electron chi connectivity index (χ0n) is 8.25. The van der Waals surface area contributed by atoms with Crippen LogP contribution >= 0.6 is 23.4 Å². The highest BCUT2D eigenvalue weighted by Crippen LogP contribution is 2.31. The first-order chi connectivity index (χ1) is 7.22. The first-order valence-corrected chi connectivity index (χ1v) is 5.81. The molecular formula is C11H9ClN2S. The Morgan fingerprint density at radius 2 is 2.13 bits per heavy atom. The number of hydrogen-bond acceptors (Lipinski definition) is 3. The van der Waals surface area contributed by atoms with E-state index in [2.05, 4.69) is 6.07 Å². The number of rotatable bonds is 3. The van der Waals surface area contributed by atoms with Crippen LogP contribution in [0.15, 0.2) is 17.0 Å². The van der Waals surface area contributed by atoms with Crippen molar-refractivity contribution >= 4 is 23.4 Å².